The average Bonchev–Trinajstić information content (AvgIpc) is 3.10. The Morgan fingerprint density at radius 2 is 1.52 bits per heavy atom. The predicted molar refractivity (Wildman–Crippen MR) is 134 cm³/mol. The van der Waals surface area contributed by atoms with Crippen LogP contribution in [0.1, 0.15) is 31.9 Å². The maximum atomic E-state index is 13.6. The van der Waals surface area contributed by atoms with Gasteiger partial charge >= 0.3 is 0 Å². The third-order valence-electron chi connectivity index (χ3n) is 5.36. The first-order valence-electron chi connectivity index (χ1n) is 10.4. The number of anilines is 3. The van der Waals surface area contributed by atoms with Crippen LogP contribution in [0.5, 0.6) is 0 Å². The predicted octanol–water partition coefficient (Wildman–Crippen LogP) is 6.06. The number of carbonyl (C=O) groups excluding carboxylic acids is 1. The molecule has 4 aromatic rings. The van der Waals surface area contributed by atoms with E-state index in [1.807, 2.05) is 63.2 Å². The molecule has 0 fully saturated rings. The van der Waals surface area contributed by atoms with E-state index < -0.39 is 9.84 Å². The van der Waals surface area contributed by atoms with Gasteiger partial charge in [-0.05, 0) is 50.6 Å². The molecule has 0 aliphatic rings. The summed E-state index contributed by atoms with van der Waals surface area (Å²) in [5.41, 5.74) is 10.4. The summed E-state index contributed by atoms with van der Waals surface area (Å²) in [6.45, 7) is 5.70. The maximum Gasteiger partial charge on any atom is 0.211 e. The average molecular weight is 477 g/mol. The molecular weight excluding hydrogens is 452 g/mol. The molecule has 168 valence electrons. The van der Waals surface area contributed by atoms with E-state index in [9.17, 15) is 13.2 Å². The van der Waals surface area contributed by atoms with E-state index in [4.69, 9.17) is 5.73 Å². The van der Waals surface area contributed by atoms with Gasteiger partial charge in [0.15, 0.2) is 0 Å². The van der Waals surface area contributed by atoms with Crippen LogP contribution >= 0.6 is 11.3 Å². The van der Waals surface area contributed by atoms with Crippen molar-refractivity contribution in [2.24, 2.45) is 0 Å². The SMILES string of the molecule is Cc1ccc(S(=O)(=O)c2c(Nc3ccccc3)sc(C(=O)c3ccc(C)cc3C)c2N)cc1. The van der Waals surface area contributed by atoms with Crippen LogP contribution in [0.4, 0.5) is 16.4 Å². The van der Waals surface area contributed by atoms with E-state index in [1.165, 1.54) is 0 Å². The lowest BCUT2D eigenvalue weighted by Crippen LogP contribution is -2.09. The molecule has 4 rings (SSSR count). The second kappa shape index (κ2) is 8.84. The highest BCUT2D eigenvalue weighted by molar-refractivity contribution is 7.92. The standard InChI is InChI=1S/C26H24N2O3S2/c1-16-9-12-20(13-10-16)33(30,31)25-22(27)24(23(29)21-14-11-17(2)15-18(21)3)32-26(25)28-19-7-5-4-6-8-19/h4-15,28H,27H2,1-3H3. The molecule has 33 heavy (non-hydrogen) atoms. The first-order chi connectivity index (χ1) is 15.7. The lowest BCUT2D eigenvalue weighted by Gasteiger charge is -2.10. The van der Waals surface area contributed by atoms with Crippen LogP contribution in [-0.4, -0.2) is 14.2 Å². The fourth-order valence-corrected chi connectivity index (χ4v) is 6.55. The molecule has 3 aromatic carbocycles. The lowest BCUT2D eigenvalue weighted by molar-refractivity contribution is 0.104. The molecule has 3 N–H and O–H groups in total. The van der Waals surface area contributed by atoms with E-state index in [0.29, 0.717) is 16.3 Å². The number of carbonyl (C=O) groups is 1. The number of ketones is 1. The van der Waals surface area contributed by atoms with Gasteiger partial charge in [-0.3, -0.25) is 4.79 Å². The van der Waals surface area contributed by atoms with Gasteiger partial charge in [0.25, 0.3) is 0 Å². The number of thiophene rings is 1. The molecular formula is C26H24N2O3S2. The Morgan fingerprint density at radius 1 is 0.879 bits per heavy atom. The third kappa shape index (κ3) is 4.42. The van der Waals surface area contributed by atoms with Crippen LogP contribution < -0.4 is 11.1 Å². The van der Waals surface area contributed by atoms with Gasteiger partial charge < -0.3 is 11.1 Å². The molecule has 1 heterocycles. The van der Waals surface area contributed by atoms with E-state index in [2.05, 4.69) is 5.32 Å². The van der Waals surface area contributed by atoms with Crippen molar-refractivity contribution in [2.75, 3.05) is 11.1 Å². The Labute approximate surface area is 197 Å². The fraction of sp³-hybridized carbons (Fsp3) is 0.115. The van der Waals surface area contributed by atoms with E-state index in [1.54, 1.807) is 30.3 Å². The minimum Gasteiger partial charge on any atom is -0.396 e. The Morgan fingerprint density at radius 3 is 2.15 bits per heavy atom. The van der Waals surface area contributed by atoms with E-state index >= 15 is 0 Å². The fourth-order valence-electron chi connectivity index (χ4n) is 3.63. The van der Waals surface area contributed by atoms with Crippen LogP contribution in [-0.2, 0) is 9.84 Å². The smallest absolute Gasteiger partial charge is 0.211 e. The zero-order chi connectivity index (χ0) is 23.8. The Kier molecular flexibility index (Phi) is 6.10. The molecule has 0 spiro atoms. The minimum absolute atomic E-state index is 0.0380. The van der Waals surface area contributed by atoms with Gasteiger partial charge in [0.1, 0.15) is 14.8 Å². The summed E-state index contributed by atoms with van der Waals surface area (Å²) in [4.78, 5) is 13.7. The molecule has 0 radical (unpaired) electrons. The van der Waals surface area contributed by atoms with Gasteiger partial charge in [0, 0.05) is 11.3 Å². The van der Waals surface area contributed by atoms with Crippen molar-refractivity contribution in [1.82, 2.24) is 0 Å². The Bertz CT molecular complexity index is 1440. The van der Waals surface area contributed by atoms with Crippen molar-refractivity contribution in [3.8, 4) is 0 Å². The minimum atomic E-state index is -3.98. The van der Waals surface area contributed by atoms with Crippen LogP contribution in [0.15, 0.2) is 82.6 Å². The largest absolute Gasteiger partial charge is 0.396 e. The number of aryl methyl sites for hydroxylation is 3. The third-order valence-corrected chi connectivity index (χ3v) is 8.47. The number of hydrogen-bond acceptors (Lipinski definition) is 6. The second-order valence-corrected chi connectivity index (χ2v) is 10.9. The van der Waals surface area contributed by atoms with E-state index in [-0.39, 0.29) is 26.1 Å². The first-order valence-corrected chi connectivity index (χ1v) is 12.7. The summed E-state index contributed by atoms with van der Waals surface area (Å²) in [5.74, 6) is -0.295. The van der Waals surface area contributed by atoms with Crippen molar-refractivity contribution in [2.45, 2.75) is 30.6 Å². The van der Waals surface area contributed by atoms with E-state index in [0.717, 1.165) is 28.0 Å². The van der Waals surface area contributed by atoms with Crippen LogP contribution in [0, 0.1) is 20.8 Å². The highest BCUT2D eigenvalue weighted by atomic mass is 32.2. The Hall–Kier alpha value is -3.42. The summed E-state index contributed by atoms with van der Waals surface area (Å²) in [6, 6.07) is 21.3. The number of nitrogen functional groups attached to an aromatic ring is 1. The summed E-state index contributed by atoms with van der Waals surface area (Å²) in [7, 11) is -3.98. The van der Waals surface area contributed by atoms with Gasteiger partial charge in [0.05, 0.1) is 10.6 Å². The molecule has 5 nitrogen and oxygen atoms in total. The summed E-state index contributed by atoms with van der Waals surface area (Å²) < 4.78 is 27.3. The molecule has 1 aromatic heterocycles. The molecule has 0 atom stereocenters. The lowest BCUT2D eigenvalue weighted by atomic mass is 10.0. The van der Waals surface area contributed by atoms with Crippen LogP contribution in [0.3, 0.4) is 0 Å². The topological polar surface area (TPSA) is 89.3 Å². The molecule has 0 aliphatic heterocycles. The van der Waals surface area contributed by atoms with Crippen molar-refractivity contribution >= 4 is 43.3 Å². The summed E-state index contributed by atoms with van der Waals surface area (Å²) >= 11 is 1.06. The zero-order valence-electron chi connectivity index (χ0n) is 18.5. The molecule has 0 saturated heterocycles. The second-order valence-electron chi connectivity index (χ2n) is 7.96. The Balaban J connectivity index is 1.89. The molecule has 0 bridgehead atoms. The van der Waals surface area contributed by atoms with Crippen LogP contribution in [0.2, 0.25) is 0 Å². The number of benzene rings is 3. The monoisotopic (exact) mass is 476 g/mol. The van der Waals surface area contributed by atoms with Crippen molar-refractivity contribution in [1.29, 1.82) is 0 Å². The summed E-state index contributed by atoms with van der Waals surface area (Å²) in [6.07, 6.45) is 0. The van der Waals surface area contributed by atoms with Gasteiger partial charge in [-0.1, -0.05) is 59.7 Å². The quantitative estimate of drug-likeness (QED) is 0.330. The maximum absolute atomic E-state index is 13.6. The van der Waals surface area contributed by atoms with Crippen molar-refractivity contribution in [3.05, 3.63) is 99.9 Å². The molecule has 0 amide bonds. The van der Waals surface area contributed by atoms with Gasteiger partial charge in [0.2, 0.25) is 15.6 Å². The van der Waals surface area contributed by atoms with Gasteiger partial charge in [-0.25, -0.2) is 8.42 Å². The molecule has 0 aliphatic carbocycles. The number of sulfone groups is 1. The van der Waals surface area contributed by atoms with Crippen molar-refractivity contribution in [3.63, 3.8) is 0 Å². The molecule has 7 heteroatoms. The number of nitrogens with two attached hydrogens (primary N) is 1. The van der Waals surface area contributed by atoms with Gasteiger partial charge in [-0.15, -0.1) is 11.3 Å². The number of para-hydroxylation sites is 1. The zero-order valence-corrected chi connectivity index (χ0v) is 20.2. The van der Waals surface area contributed by atoms with Crippen LogP contribution in [0.25, 0.3) is 0 Å². The number of hydrogen-bond donors (Lipinski definition) is 2. The van der Waals surface area contributed by atoms with Gasteiger partial charge in [-0.2, -0.15) is 0 Å². The molecule has 0 saturated carbocycles. The first kappa shape index (κ1) is 22.8. The highest BCUT2D eigenvalue weighted by Gasteiger charge is 2.32. The number of nitrogens with one attached hydrogen (secondary N) is 1. The summed E-state index contributed by atoms with van der Waals surface area (Å²) in [5, 5.41) is 3.47. The highest BCUT2D eigenvalue weighted by Crippen LogP contribution is 2.44. The van der Waals surface area contributed by atoms with Crippen molar-refractivity contribution < 1.29 is 13.2 Å². The normalized spacial score (nSPS) is 11.4. The number of rotatable bonds is 6. The molecule has 0 unspecified atom stereocenters.